The van der Waals surface area contributed by atoms with Crippen LogP contribution in [0.1, 0.15) is 27.3 Å². The van der Waals surface area contributed by atoms with Gasteiger partial charge in [-0.2, -0.15) is 0 Å². The number of azide groups is 1. The predicted molar refractivity (Wildman–Crippen MR) is 63.9 cm³/mol. The molecule has 0 radical (unpaired) electrons. The number of nitrogens with zero attached hydrogens (tertiary/aromatic N) is 4. The van der Waals surface area contributed by atoms with Crippen LogP contribution in [0.25, 0.3) is 10.4 Å². The van der Waals surface area contributed by atoms with Gasteiger partial charge in [0.2, 0.25) is 0 Å². The van der Waals surface area contributed by atoms with Crippen molar-refractivity contribution in [1.29, 1.82) is 0 Å². The van der Waals surface area contributed by atoms with Gasteiger partial charge in [-0.05, 0) is 31.4 Å². The van der Waals surface area contributed by atoms with Crippen LogP contribution in [0.3, 0.4) is 0 Å². The fraction of sp³-hybridized carbons (Fsp3) is 0.545. The fourth-order valence-electron chi connectivity index (χ4n) is 1.91. The quantitative estimate of drug-likeness (QED) is 0.348. The third kappa shape index (κ3) is 2.42. The molecule has 0 fully saturated rings. The van der Waals surface area contributed by atoms with Gasteiger partial charge < -0.3 is 9.30 Å². The SMILES string of the molecule is COC(=O)c1c(CCN=[N+]=[N-])c(C)n(C)c1C. The number of rotatable bonds is 4. The zero-order chi connectivity index (χ0) is 13.0. The molecule has 0 saturated heterocycles. The summed E-state index contributed by atoms with van der Waals surface area (Å²) in [5, 5.41) is 3.49. The zero-order valence-electron chi connectivity index (χ0n) is 10.5. The van der Waals surface area contributed by atoms with Gasteiger partial charge in [0.15, 0.2) is 0 Å². The van der Waals surface area contributed by atoms with E-state index < -0.39 is 0 Å². The Morgan fingerprint density at radius 2 is 2.12 bits per heavy atom. The summed E-state index contributed by atoms with van der Waals surface area (Å²) in [4.78, 5) is 14.4. The molecule has 17 heavy (non-hydrogen) atoms. The Balaban J connectivity index is 3.21. The molecule has 0 unspecified atom stereocenters. The highest BCUT2D eigenvalue weighted by Gasteiger charge is 2.21. The van der Waals surface area contributed by atoms with Gasteiger partial charge in [-0.25, -0.2) is 4.79 Å². The molecule has 1 rings (SSSR count). The van der Waals surface area contributed by atoms with Gasteiger partial charge in [0.1, 0.15) is 0 Å². The van der Waals surface area contributed by atoms with Crippen molar-refractivity contribution < 1.29 is 9.53 Å². The first kappa shape index (κ1) is 13.1. The van der Waals surface area contributed by atoms with Crippen LogP contribution in [0.4, 0.5) is 0 Å². The number of aromatic nitrogens is 1. The van der Waals surface area contributed by atoms with Crippen LogP contribution < -0.4 is 0 Å². The Kier molecular flexibility index (Phi) is 4.17. The molecule has 0 aliphatic rings. The summed E-state index contributed by atoms with van der Waals surface area (Å²) in [7, 11) is 3.26. The van der Waals surface area contributed by atoms with Gasteiger partial charge in [-0.15, -0.1) is 0 Å². The Bertz CT molecular complexity index is 484. The number of hydrogen-bond donors (Lipinski definition) is 0. The molecule has 0 saturated carbocycles. The molecule has 0 aromatic carbocycles. The van der Waals surface area contributed by atoms with E-state index in [-0.39, 0.29) is 5.97 Å². The van der Waals surface area contributed by atoms with E-state index in [4.69, 9.17) is 10.3 Å². The second-order valence-corrected chi connectivity index (χ2v) is 3.78. The summed E-state index contributed by atoms with van der Waals surface area (Å²) in [6, 6.07) is 0. The van der Waals surface area contributed by atoms with E-state index >= 15 is 0 Å². The summed E-state index contributed by atoms with van der Waals surface area (Å²) in [6.07, 6.45) is 0.544. The zero-order valence-corrected chi connectivity index (χ0v) is 10.5. The van der Waals surface area contributed by atoms with E-state index in [1.54, 1.807) is 0 Å². The summed E-state index contributed by atoms with van der Waals surface area (Å²) in [5.41, 5.74) is 11.6. The molecule has 0 aliphatic heterocycles. The van der Waals surface area contributed by atoms with Crippen molar-refractivity contribution in [3.8, 4) is 0 Å². The van der Waals surface area contributed by atoms with Gasteiger partial charge in [-0.3, -0.25) is 0 Å². The average Bonchev–Trinajstić information content (AvgIpc) is 2.54. The third-order valence-corrected chi connectivity index (χ3v) is 3.02. The van der Waals surface area contributed by atoms with Crippen molar-refractivity contribution >= 4 is 5.97 Å². The van der Waals surface area contributed by atoms with Crippen molar-refractivity contribution in [2.24, 2.45) is 12.2 Å². The molecule has 0 N–H and O–H groups in total. The lowest BCUT2D eigenvalue weighted by Gasteiger charge is -2.02. The maximum Gasteiger partial charge on any atom is 0.339 e. The minimum atomic E-state index is -0.345. The molecule has 0 amide bonds. The molecule has 92 valence electrons. The largest absolute Gasteiger partial charge is 0.465 e. The summed E-state index contributed by atoms with van der Waals surface area (Å²) in [6.45, 7) is 4.14. The lowest BCUT2D eigenvalue weighted by atomic mass is 10.1. The second kappa shape index (κ2) is 5.41. The Morgan fingerprint density at radius 3 is 2.65 bits per heavy atom. The fourth-order valence-corrected chi connectivity index (χ4v) is 1.91. The monoisotopic (exact) mass is 236 g/mol. The van der Waals surface area contributed by atoms with Crippen LogP contribution in [-0.2, 0) is 18.2 Å². The number of carbonyl (C=O) groups excluding carboxylic acids is 1. The van der Waals surface area contributed by atoms with Crippen LogP contribution in [0.2, 0.25) is 0 Å². The van der Waals surface area contributed by atoms with Crippen LogP contribution in [0.5, 0.6) is 0 Å². The number of carbonyl (C=O) groups is 1. The minimum absolute atomic E-state index is 0.338. The van der Waals surface area contributed by atoms with Crippen molar-refractivity contribution in [3.63, 3.8) is 0 Å². The normalized spacial score (nSPS) is 9.88. The van der Waals surface area contributed by atoms with E-state index in [1.165, 1.54) is 7.11 Å². The number of methoxy groups -OCH3 is 1. The van der Waals surface area contributed by atoms with Crippen molar-refractivity contribution in [2.45, 2.75) is 20.3 Å². The van der Waals surface area contributed by atoms with E-state index in [2.05, 4.69) is 10.0 Å². The summed E-state index contributed by atoms with van der Waals surface area (Å²) in [5.74, 6) is -0.345. The van der Waals surface area contributed by atoms with Crippen LogP contribution >= 0.6 is 0 Å². The molecule has 1 heterocycles. The number of hydrogen-bond acceptors (Lipinski definition) is 3. The highest BCUT2D eigenvalue weighted by atomic mass is 16.5. The van der Waals surface area contributed by atoms with Gasteiger partial charge in [0.05, 0.1) is 12.7 Å². The molecule has 6 heteroatoms. The topological polar surface area (TPSA) is 80.0 Å². The maximum absolute atomic E-state index is 11.7. The van der Waals surface area contributed by atoms with Crippen molar-refractivity contribution in [3.05, 3.63) is 33.0 Å². The molecule has 1 aromatic rings. The first-order valence-corrected chi connectivity index (χ1v) is 5.28. The van der Waals surface area contributed by atoms with Crippen molar-refractivity contribution in [2.75, 3.05) is 13.7 Å². The van der Waals surface area contributed by atoms with E-state index in [0.29, 0.717) is 18.5 Å². The lowest BCUT2D eigenvalue weighted by molar-refractivity contribution is 0.0598. The first-order chi connectivity index (χ1) is 8.04. The molecular weight excluding hydrogens is 220 g/mol. The second-order valence-electron chi connectivity index (χ2n) is 3.78. The maximum atomic E-state index is 11.7. The summed E-state index contributed by atoms with van der Waals surface area (Å²) >= 11 is 0. The highest BCUT2D eigenvalue weighted by Crippen LogP contribution is 2.22. The van der Waals surface area contributed by atoms with Crippen LogP contribution in [0.15, 0.2) is 5.11 Å². The molecule has 0 aliphatic carbocycles. The number of esters is 1. The molecular formula is C11H16N4O2. The van der Waals surface area contributed by atoms with E-state index in [0.717, 1.165) is 17.0 Å². The smallest absolute Gasteiger partial charge is 0.339 e. The standard InChI is InChI=1S/C11H16N4O2/c1-7-9(5-6-13-14-12)10(11(16)17-4)8(2)15(7)3/h5-6H2,1-4H3. The third-order valence-electron chi connectivity index (χ3n) is 3.02. The van der Waals surface area contributed by atoms with E-state index in [9.17, 15) is 4.79 Å². The molecule has 0 spiro atoms. The summed E-state index contributed by atoms with van der Waals surface area (Å²) < 4.78 is 6.72. The van der Waals surface area contributed by atoms with Gasteiger partial charge in [0, 0.05) is 29.9 Å². The molecule has 1 aromatic heterocycles. The van der Waals surface area contributed by atoms with Gasteiger partial charge in [0.25, 0.3) is 0 Å². The van der Waals surface area contributed by atoms with Crippen molar-refractivity contribution in [1.82, 2.24) is 4.57 Å². The predicted octanol–water partition coefficient (Wildman–Crippen LogP) is 2.28. The van der Waals surface area contributed by atoms with Gasteiger partial charge in [-0.1, -0.05) is 5.11 Å². The average molecular weight is 236 g/mol. The highest BCUT2D eigenvalue weighted by molar-refractivity contribution is 5.93. The Labute approximate surface area is 99.8 Å². The van der Waals surface area contributed by atoms with Crippen LogP contribution in [0, 0.1) is 13.8 Å². The number of ether oxygens (including phenoxy) is 1. The van der Waals surface area contributed by atoms with E-state index in [1.807, 2.05) is 25.5 Å². The molecule has 0 bridgehead atoms. The van der Waals surface area contributed by atoms with Gasteiger partial charge >= 0.3 is 5.97 Å². The molecule has 0 atom stereocenters. The van der Waals surface area contributed by atoms with Crippen LogP contribution in [-0.4, -0.2) is 24.2 Å². The lowest BCUT2D eigenvalue weighted by Crippen LogP contribution is -2.06. The Hall–Kier alpha value is -1.94. The molecule has 6 nitrogen and oxygen atoms in total. The Morgan fingerprint density at radius 1 is 1.47 bits per heavy atom. The first-order valence-electron chi connectivity index (χ1n) is 5.28. The minimum Gasteiger partial charge on any atom is -0.465 e.